The zero-order valence-corrected chi connectivity index (χ0v) is 18.4. The number of hydrogen-bond acceptors (Lipinski definition) is 7. The Balaban J connectivity index is 1.57. The molecule has 2 aromatic carbocycles. The van der Waals surface area contributed by atoms with Crippen LogP contribution in [0.4, 0.5) is 0 Å². The molecule has 4 aromatic rings. The topological polar surface area (TPSA) is 70.5 Å². The Kier molecular flexibility index (Phi) is 7.09. The zero-order chi connectivity index (χ0) is 22.2. The summed E-state index contributed by atoms with van der Waals surface area (Å²) in [5.41, 5.74) is 2.95. The van der Waals surface area contributed by atoms with Crippen molar-refractivity contribution in [3.63, 3.8) is 0 Å². The maximum atomic E-state index is 11.9. The lowest BCUT2D eigenvalue weighted by atomic mass is 10.2. The van der Waals surface area contributed by atoms with Crippen LogP contribution in [0.2, 0.25) is 0 Å². The van der Waals surface area contributed by atoms with E-state index in [1.165, 1.54) is 11.3 Å². The van der Waals surface area contributed by atoms with E-state index in [0.29, 0.717) is 42.0 Å². The summed E-state index contributed by atoms with van der Waals surface area (Å²) < 4.78 is 17.1. The van der Waals surface area contributed by atoms with Crippen LogP contribution in [0, 0.1) is 0 Å². The number of ether oxygens (including phenoxy) is 3. The van der Waals surface area contributed by atoms with Gasteiger partial charge in [0.25, 0.3) is 0 Å². The Morgan fingerprint density at radius 1 is 0.906 bits per heavy atom. The summed E-state index contributed by atoms with van der Waals surface area (Å²) in [6, 6.07) is 21.6. The van der Waals surface area contributed by atoms with Gasteiger partial charge in [0.1, 0.15) is 23.9 Å². The standard InChI is InChI=1S/C25H22N2O4S/c1-2-29-25(28)21-17-32-24(27-21)20-13-22(30-15-18-9-5-3-6-10-18)23(14-26-20)31-16-19-11-7-4-8-12-19/h3-14,17H,2,15-16H2,1H3. The van der Waals surface area contributed by atoms with E-state index in [0.717, 1.165) is 11.1 Å². The number of hydrogen-bond donors (Lipinski definition) is 0. The van der Waals surface area contributed by atoms with E-state index in [9.17, 15) is 4.79 Å². The second kappa shape index (κ2) is 10.5. The molecule has 32 heavy (non-hydrogen) atoms. The third-order valence-corrected chi connectivity index (χ3v) is 5.38. The Labute approximate surface area is 190 Å². The molecule has 0 aliphatic carbocycles. The molecule has 4 rings (SSSR count). The number of benzene rings is 2. The van der Waals surface area contributed by atoms with Crippen LogP contribution in [0.3, 0.4) is 0 Å². The number of carbonyl (C=O) groups is 1. The fraction of sp³-hybridized carbons (Fsp3) is 0.160. The lowest BCUT2D eigenvalue weighted by Crippen LogP contribution is -2.05. The molecular formula is C25H22N2O4S. The van der Waals surface area contributed by atoms with E-state index < -0.39 is 5.97 Å². The lowest BCUT2D eigenvalue weighted by Gasteiger charge is -2.13. The second-order valence-electron chi connectivity index (χ2n) is 6.82. The number of esters is 1. The second-order valence-corrected chi connectivity index (χ2v) is 7.68. The van der Waals surface area contributed by atoms with E-state index in [2.05, 4.69) is 9.97 Å². The van der Waals surface area contributed by atoms with Crippen molar-refractivity contribution in [1.29, 1.82) is 0 Å². The summed E-state index contributed by atoms with van der Waals surface area (Å²) in [6.45, 7) is 2.85. The van der Waals surface area contributed by atoms with Crippen LogP contribution >= 0.6 is 11.3 Å². The van der Waals surface area contributed by atoms with Gasteiger partial charge in [0.2, 0.25) is 0 Å². The summed E-state index contributed by atoms with van der Waals surface area (Å²) in [4.78, 5) is 20.8. The number of aromatic nitrogens is 2. The van der Waals surface area contributed by atoms with Gasteiger partial charge in [-0.2, -0.15) is 0 Å². The van der Waals surface area contributed by atoms with Gasteiger partial charge in [0.15, 0.2) is 17.2 Å². The predicted molar refractivity (Wildman–Crippen MR) is 123 cm³/mol. The third kappa shape index (κ3) is 5.50. The van der Waals surface area contributed by atoms with Gasteiger partial charge in [0.05, 0.1) is 12.8 Å². The summed E-state index contributed by atoms with van der Waals surface area (Å²) >= 11 is 1.33. The summed E-state index contributed by atoms with van der Waals surface area (Å²) in [6.07, 6.45) is 1.63. The van der Waals surface area contributed by atoms with Gasteiger partial charge in [0, 0.05) is 11.4 Å². The Morgan fingerprint density at radius 3 is 2.16 bits per heavy atom. The van der Waals surface area contributed by atoms with Crippen molar-refractivity contribution in [2.45, 2.75) is 20.1 Å². The molecule has 7 heteroatoms. The van der Waals surface area contributed by atoms with E-state index in [-0.39, 0.29) is 5.69 Å². The van der Waals surface area contributed by atoms with Crippen LogP contribution in [0.15, 0.2) is 78.3 Å². The van der Waals surface area contributed by atoms with Gasteiger partial charge in [-0.3, -0.25) is 0 Å². The number of pyridine rings is 1. The van der Waals surface area contributed by atoms with Crippen molar-refractivity contribution in [2.24, 2.45) is 0 Å². The fourth-order valence-electron chi connectivity index (χ4n) is 2.92. The van der Waals surface area contributed by atoms with Crippen molar-refractivity contribution in [1.82, 2.24) is 9.97 Å². The highest BCUT2D eigenvalue weighted by molar-refractivity contribution is 7.13. The molecule has 0 radical (unpaired) electrons. The highest BCUT2D eigenvalue weighted by Crippen LogP contribution is 2.33. The average Bonchev–Trinajstić information content (AvgIpc) is 3.34. The molecule has 0 fully saturated rings. The monoisotopic (exact) mass is 446 g/mol. The summed E-state index contributed by atoms with van der Waals surface area (Å²) in [5, 5.41) is 2.27. The van der Waals surface area contributed by atoms with E-state index >= 15 is 0 Å². The largest absolute Gasteiger partial charge is 0.485 e. The fourth-order valence-corrected chi connectivity index (χ4v) is 3.68. The van der Waals surface area contributed by atoms with Gasteiger partial charge < -0.3 is 14.2 Å². The van der Waals surface area contributed by atoms with Crippen molar-refractivity contribution >= 4 is 17.3 Å². The molecule has 0 bridgehead atoms. The van der Waals surface area contributed by atoms with Crippen molar-refractivity contribution in [3.8, 4) is 22.2 Å². The molecule has 0 amide bonds. The Morgan fingerprint density at radius 2 is 1.53 bits per heavy atom. The Bertz CT molecular complexity index is 1160. The molecule has 0 spiro atoms. The van der Waals surface area contributed by atoms with Gasteiger partial charge in [-0.25, -0.2) is 14.8 Å². The van der Waals surface area contributed by atoms with Crippen LogP contribution in [0.1, 0.15) is 28.5 Å². The maximum absolute atomic E-state index is 11.9. The third-order valence-electron chi connectivity index (χ3n) is 4.51. The molecule has 162 valence electrons. The molecule has 2 aromatic heterocycles. The molecule has 6 nitrogen and oxygen atoms in total. The first-order valence-corrected chi connectivity index (χ1v) is 11.1. The first-order chi connectivity index (χ1) is 15.7. The van der Waals surface area contributed by atoms with Crippen LogP contribution < -0.4 is 9.47 Å². The highest BCUT2D eigenvalue weighted by atomic mass is 32.1. The number of thiazole rings is 1. The molecule has 0 N–H and O–H groups in total. The van der Waals surface area contributed by atoms with E-state index in [1.54, 1.807) is 24.6 Å². The number of carbonyl (C=O) groups excluding carboxylic acids is 1. The minimum atomic E-state index is -0.446. The first-order valence-electron chi connectivity index (χ1n) is 10.2. The van der Waals surface area contributed by atoms with Crippen LogP contribution in [-0.2, 0) is 18.0 Å². The number of nitrogens with zero attached hydrogens (tertiary/aromatic N) is 2. The minimum Gasteiger partial charge on any atom is -0.485 e. The van der Waals surface area contributed by atoms with Crippen molar-refractivity contribution in [3.05, 3.63) is 95.1 Å². The SMILES string of the molecule is CCOC(=O)c1csc(-c2cc(OCc3ccccc3)c(OCc3ccccc3)cn2)n1. The van der Waals surface area contributed by atoms with Gasteiger partial charge in [-0.1, -0.05) is 60.7 Å². The van der Waals surface area contributed by atoms with Gasteiger partial charge in [-0.15, -0.1) is 11.3 Å². The van der Waals surface area contributed by atoms with E-state index in [1.807, 2.05) is 60.7 Å². The molecule has 0 atom stereocenters. The molecular weight excluding hydrogens is 424 g/mol. The molecule has 0 unspecified atom stereocenters. The maximum Gasteiger partial charge on any atom is 0.357 e. The van der Waals surface area contributed by atoms with Crippen LogP contribution in [0.5, 0.6) is 11.5 Å². The highest BCUT2D eigenvalue weighted by Gasteiger charge is 2.16. The smallest absolute Gasteiger partial charge is 0.357 e. The van der Waals surface area contributed by atoms with Gasteiger partial charge >= 0.3 is 5.97 Å². The molecule has 0 aliphatic rings. The average molecular weight is 447 g/mol. The molecule has 2 heterocycles. The molecule has 0 saturated heterocycles. The normalized spacial score (nSPS) is 10.5. The van der Waals surface area contributed by atoms with Crippen molar-refractivity contribution in [2.75, 3.05) is 6.61 Å². The first kappa shape index (κ1) is 21.5. The number of rotatable bonds is 9. The molecule has 0 saturated carbocycles. The predicted octanol–water partition coefficient (Wildman–Crippen LogP) is 5.54. The van der Waals surface area contributed by atoms with Crippen LogP contribution in [-0.4, -0.2) is 22.5 Å². The lowest BCUT2D eigenvalue weighted by molar-refractivity contribution is 0.0520. The quantitative estimate of drug-likeness (QED) is 0.314. The zero-order valence-electron chi connectivity index (χ0n) is 17.6. The van der Waals surface area contributed by atoms with Gasteiger partial charge in [-0.05, 0) is 18.1 Å². The van der Waals surface area contributed by atoms with Crippen molar-refractivity contribution < 1.29 is 19.0 Å². The Hall–Kier alpha value is -3.71. The van der Waals surface area contributed by atoms with E-state index in [4.69, 9.17) is 14.2 Å². The minimum absolute atomic E-state index is 0.268. The summed E-state index contributed by atoms with van der Waals surface area (Å²) in [5.74, 6) is 0.650. The van der Waals surface area contributed by atoms with Crippen LogP contribution in [0.25, 0.3) is 10.7 Å². The molecule has 0 aliphatic heterocycles. The summed E-state index contributed by atoms with van der Waals surface area (Å²) in [7, 11) is 0.